The minimum absolute atomic E-state index is 0.212. The van der Waals surface area contributed by atoms with Gasteiger partial charge in [0.25, 0.3) is 0 Å². The molecule has 0 amide bonds. The molecule has 0 bridgehead atoms. The summed E-state index contributed by atoms with van der Waals surface area (Å²) in [5.41, 5.74) is 1.99. The van der Waals surface area contributed by atoms with Crippen molar-refractivity contribution in [3.8, 4) is 0 Å². The van der Waals surface area contributed by atoms with Crippen LogP contribution in [-0.2, 0) is 16.3 Å². The van der Waals surface area contributed by atoms with Crippen molar-refractivity contribution >= 4 is 9.84 Å². The fraction of sp³-hybridized carbons (Fsp3) is 0.300. The lowest BCUT2D eigenvalue weighted by atomic mass is 10.1. The highest BCUT2D eigenvalue weighted by Gasteiger charge is 2.02. The Hall–Kier alpha value is -0.830. The van der Waals surface area contributed by atoms with Gasteiger partial charge >= 0.3 is 0 Å². The van der Waals surface area contributed by atoms with Gasteiger partial charge in [0.15, 0.2) is 0 Å². The van der Waals surface area contributed by atoms with Crippen molar-refractivity contribution in [3.63, 3.8) is 0 Å². The van der Waals surface area contributed by atoms with Gasteiger partial charge in [-0.05, 0) is 24.5 Å². The number of aryl methyl sites for hydroxylation is 1. The first-order chi connectivity index (χ1) is 5.97. The van der Waals surface area contributed by atoms with Gasteiger partial charge in [0, 0.05) is 6.26 Å². The van der Waals surface area contributed by atoms with Crippen LogP contribution in [0, 0.1) is 6.92 Å². The van der Waals surface area contributed by atoms with Crippen molar-refractivity contribution in [2.45, 2.75) is 6.42 Å². The quantitative estimate of drug-likeness (QED) is 0.735. The van der Waals surface area contributed by atoms with E-state index < -0.39 is 9.84 Å². The van der Waals surface area contributed by atoms with Crippen LogP contribution >= 0.6 is 0 Å². The first kappa shape index (κ1) is 10.3. The van der Waals surface area contributed by atoms with E-state index in [1.54, 1.807) is 0 Å². The largest absolute Gasteiger partial charge is 0.229 e. The van der Waals surface area contributed by atoms with Gasteiger partial charge in [0.1, 0.15) is 9.84 Å². The fourth-order valence-corrected chi connectivity index (χ4v) is 1.62. The zero-order chi connectivity index (χ0) is 9.90. The van der Waals surface area contributed by atoms with Gasteiger partial charge in [-0.3, -0.25) is 0 Å². The number of rotatable bonds is 3. The van der Waals surface area contributed by atoms with Crippen LogP contribution in [0.2, 0.25) is 0 Å². The van der Waals surface area contributed by atoms with Crippen LogP contribution in [-0.4, -0.2) is 20.4 Å². The van der Waals surface area contributed by atoms with Gasteiger partial charge < -0.3 is 0 Å². The second-order valence-electron chi connectivity index (χ2n) is 3.20. The Labute approximate surface area is 79.5 Å². The number of benzene rings is 1. The van der Waals surface area contributed by atoms with Crippen LogP contribution in [0.25, 0.3) is 0 Å². The number of hydrogen-bond acceptors (Lipinski definition) is 2. The van der Waals surface area contributed by atoms with Gasteiger partial charge in [-0.15, -0.1) is 0 Å². The van der Waals surface area contributed by atoms with E-state index in [0.717, 1.165) is 11.1 Å². The maximum atomic E-state index is 10.9. The molecule has 0 saturated carbocycles. The Bertz CT molecular complexity index is 362. The summed E-state index contributed by atoms with van der Waals surface area (Å²) in [5.74, 6) is 0.212. The van der Waals surface area contributed by atoms with E-state index >= 15 is 0 Å². The molecular weight excluding hydrogens is 184 g/mol. The zero-order valence-electron chi connectivity index (χ0n) is 7.66. The smallest absolute Gasteiger partial charge is 0.147 e. The highest BCUT2D eigenvalue weighted by molar-refractivity contribution is 7.90. The molecule has 1 rings (SSSR count). The molecule has 0 saturated heterocycles. The molecule has 0 aliphatic carbocycles. The summed E-state index contributed by atoms with van der Waals surface area (Å²) < 4.78 is 21.7. The van der Waals surface area contributed by atoms with Gasteiger partial charge in [0.05, 0.1) is 5.75 Å². The second kappa shape index (κ2) is 3.92. The molecule has 0 unspecified atom stereocenters. The molecule has 1 aromatic rings. The Morgan fingerprint density at radius 2 is 1.77 bits per heavy atom. The summed E-state index contributed by atoms with van der Waals surface area (Å²) in [5, 5.41) is 0. The average molecular weight is 197 g/mol. The first-order valence-electron chi connectivity index (χ1n) is 4.06. The van der Waals surface area contributed by atoms with Gasteiger partial charge in [-0.2, -0.15) is 0 Å². The minimum Gasteiger partial charge on any atom is -0.229 e. The fourth-order valence-electron chi connectivity index (χ4n) is 1.01. The maximum absolute atomic E-state index is 10.9. The second-order valence-corrected chi connectivity index (χ2v) is 5.46. The van der Waals surface area contributed by atoms with E-state index in [2.05, 4.69) is 6.92 Å². The summed E-state index contributed by atoms with van der Waals surface area (Å²) >= 11 is 0. The molecule has 2 nitrogen and oxygen atoms in total. The lowest BCUT2D eigenvalue weighted by Gasteiger charge is -2.00. The van der Waals surface area contributed by atoms with E-state index in [-0.39, 0.29) is 5.75 Å². The predicted octanol–water partition coefficient (Wildman–Crippen LogP) is 1.46. The Balaban J connectivity index is 2.61. The predicted molar refractivity (Wildman–Crippen MR) is 54.3 cm³/mol. The SMILES string of the molecule is [CH2]c1ccc(CCS(C)(=O)=O)cc1. The van der Waals surface area contributed by atoms with Crippen LogP contribution in [0.5, 0.6) is 0 Å². The van der Waals surface area contributed by atoms with E-state index in [4.69, 9.17) is 0 Å². The van der Waals surface area contributed by atoms with Gasteiger partial charge in [-0.1, -0.05) is 24.3 Å². The first-order valence-corrected chi connectivity index (χ1v) is 6.12. The van der Waals surface area contributed by atoms with Crippen LogP contribution in [0.1, 0.15) is 11.1 Å². The normalized spacial score (nSPS) is 11.5. The number of hydrogen-bond donors (Lipinski definition) is 0. The van der Waals surface area contributed by atoms with Crippen LogP contribution in [0.3, 0.4) is 0 Å². The highest BCUT2D eigenvalue weighted by Crippen LogP contribution is 2.04. The van der Waals surface area contributed by atoms with Crippen molar-refractivity contribution in [3.05, 3.63) is 42.3 Å². The topological polar surface area (TPSA) is 34.1 Å². The van der Waals surface area contributed by atoms with Crippen molar-refractivity contribution in [2.24, 2.45) is 0 Å². The standard InChI is InChI=1S/C10H13O2S/c1-9-3-5-10(6-4-9)7-8-13(2,11)12/h3-6H,1,7-8H2,2H3. The van der Waals surface area contributed by atoms with Gasteiger partial charge in [0.2, 0.25) is 0 Å². The Morgan fingerprint density at radius 3 is 2.23 bits per heavy atom. The molecule has 0 atom stereocenters. The van der Waals surface area contributed by atoms with Crippen LogP contribution in [0.15, 0.2) is 24.3 Å². The third-order valence-electron chi connectivity index (χ3n) is 1.78. The summed E-state index contributed by atoms with van der Waals surface area (Å²) in [6, 6.07) is 7.59. The van der Waals surface area contributed by atoms with Crippen molar-refractivity contribution in [1.29, 1.82) is 0 Å². The Kier molecular flexibility index (Phi) is 3.09. The minimum atomic E-state index is -2.85. The molecule has 0 spiro atoms. The molecule has 3 heteroatoms. The summed E-state index contributed by atoms with van der Waals surface area (Å²) in [6.07, 6.45) is 1.84. The Morgan fingerprint density at radius 1 is 1.23 bits per heavy atom. The molecule has 71 valence electrons. The third kappa shape index (κ3) is 4.08. The maximum Gasteiger partial charge on any atom is 0.147 e. The zero-order valence-corrected chi connectivity index (χ0v) is 8.47. The molecule has 1 radical (unpaired) electrons. The van der Waals surface area contributed by atoms with E-state index in [0.29, 0.717) is 6.42 Å². The highest BCUT2D eigenvalue weighted by atomic mass is 32.2. The monoisotopic (exact) mass is 197 g/mol. The number of sulfone groups is 1. The van der Waals surface area contributed by atoms with Gasteiger partial charge in [-0.25, -0.2) is 8.42 Å². The van der Waals surface area contributed by atoms with Crippen molar-refractivity contribution < 1.29 is 8.42 Å². The third-order valence-corrected chi connectivity index (χ3v) is 2.73. The molecule has 0 fully saturated rings. The van der Waals surface area contributed by atoms with Crippen molar-refractivity contribution in [1.82, 2.24) is 0 Å². The van der Waals surface area contributed by atoms with Crippen LogP contribution < -0.4 is 0 Å². The molecule has 0 N–H and O–H groups in total. The lowest BCUT2D eigenvalue weighted by molar-refractivity contribution is 0.601. The van der Waals surface area contributed by atoms with E-state index in [1.807, 2.05) is 24.3 Å². The van der Waals surface area contributed by atoms with E-state index in [1.165, 1.54) is 6.26 Å². The molecule has 0 aliphatic rings. The molecule has 1 aromatic carbocycles. The van der Waals surface area contributed by atoms with Crippen LogP contribution in [0.4, 0.5) is 0 Å². The summed E-state index contributed by atoms with van der Waals surface area (Å²) in [6.45, 7) is 3.75. The van der Waals surface area contributed by atoms with Crippen molar-refractivity contribution in [2.75, 3.05) is 12.0 Å². The average Bonchev–Trinajstić information content (AvgIpc) is 2.02. The molecule has 13 heavy (non-hydrogen) atoms. The molecular formula is C10H13O2S. The molecule has 0 heterocycles. The summed E-state index contributed by atoms with van der Waals surface area (Å²) in [7, 11) is -2.85. The molecule has 0 aliphatic heterocycles. The summed E-state index contributed by atoms with van der Waals surface area (Å²) in [4.78, 5) is 0. The lowest BCUT2D eigenvalue weighted by Crippen LogP contribution is -2.05. The van der Waals surface area contributed by atoms with E-state index in [9.17, 15) is 8.42 Å². The molecule has 0 aromatic heterocycles.